The zero-order valence-corrected chi connectivity index (χ0v) is 10.5. The number of amidine groups is 1. The molecule has 17 heavy (non-hydrogen) atoms. The van der Waals surface area contributed by atoms with Crippen molar-refractivity contribution in [3.63, 3.8) is 0 Å². The van der Waals surface area contributed by atoms with Gasteiger partial charge in [0.05, 0.1) is 0 Å². The van der Waals surface area contributed by atoms with E-state index in [0.717, 1.165) is 5.56 Å². The van der Waals surface area contributed by atoms with Gasteiger partial charge in [-0.3, -0.25) is 9.79 Å². The molecule has 4 N–H and O–H groups in total. The Balaban J connectivity index is 3.13. The second-order valence-electron chi connectivity index (χ2n) is 4.53. The second kappa shape index (κ2) is 4.99. The average Bonchev–Trinajstić information content (AvgIpc) is 2.29. The lowest BCUT2D eigenvalue weighted by atomic mass is 9.88. The minimum Gasteiger partial charge on any atom is -0.383 e. The van der Waals surface area contributed by atoms with Crippen LogP contribution in [0.3, 0.4) is 0 Å². The zero-order valence-electron chi connectivity index (χ0n) is 10.5. The van der Waals surface area contributed by atoms with Crippen LogP contribution >= 0.6 is 0 Å². The van der Waals surface area contributed by atoms with E-state index in [1.54, 1.807) is 6.92 Å². The van der Waals surface area contributed by atoms with Crippen molar-refractivity contribution < 1.29 is 4.79 Å². The number of carbonyl (C=O) groups excluding carboxylic acids is 1. The average molecular weight is 233 g/mol. The Hall–Kier alpha value is -1.84. The molecule has 0 saturated heterocycles. The lowest BCUT2D eigenvalue weighted by Crippen LogP contribution is -2.45. The molecule has 1 aromatic rings. The highest BCUT2D eigenvalue weighted by Crippen LogP contribution is 2.21. The van der Waals surface area contributed by atoms with E-state index in [0.29, 0.717) is 5.84 Å². The topological polar surface area (TPSA) is 81.5 Å². The van der Waals surface area contributed by atoms with E-state index in [4.69, 9.17) is 11.5 Å². The van der Waals surface area contributed by atoms with E-state index in [2.05, 4.69) is 4.99 Å². The van der Waals surface area contributed by atoms with Gasteiger partial charge in [-0.2, -0.15) is 0 Å². The first-order valence-corrected chi connectivity index (χ1v) is 5.58. The monoisotopic (exact) mass is 233 g/mol. The number of benzene rings is 1. The highest BCUT2D eigenvalue weighted by atomic mass is 16.1. The first-order valence-electron chi connectivity index (χ1n) is 5.58. The minimum atomic E-state index is -0.972. The molecular weight excluding hydrogens is 214 g/mol. The third-order valence-electron chi connectivity index (χ3n) is 3.05. The number of hydrogen-bond donors (Lipinski definition) is 2. The Morgan fingerprint density at radius 2 is 1.76 bits per heavy atom. The number of aliphatic imine (C=N–C) groups is 1. The van der Waals surface area contributed by atoms with E-state index in [1.807, 2.05) is 44.2 Å². The Kier molecular flexibility index (Phi) is 3.89. The summed E-state index contributed by atoms with van der Waals surface area (Å²) in [5, 5.41) is 0. The number of primary amides is 1. The van der Waals surface area contributed by atoms with Crippen molar-refractivity contribution in [1.82, 2.24) is 0 Å². The van der Waals surface area contributed by atoms with Crippen molar-refractivity contribution in [3.8, 4) is 0 Å². The standard InChI is InChI=1S/C13H19N3O/c1-9(2)13(3,12(15)17)16-11(14)10-7-5-4-6-8-10/h4-9H,1-3H3,(H2,14,16)(H2,15,17). The molecule has 0 aliphatic heterocycles. The molecule has 1 atom stereocenters. The molecule has 0 bridgehead atoms. The quantitative estimate of drug-likeness (QED) is 0.607. The molecule has 1 rings (SSSR count). The van der Waals surface area contributed by atoms with E-state index >= 15 is 0 Å². The molecule has 1 unspecified atom stereocenters. The van der Waals surface area contributed by atoms with Gasteiger partial charge in [-0.15, -0.1) is 0 Å². The van der Waals surface area contributed by atoms with E-state index in [-0.39, 0.29) is 5.92 Å². The van der Waals surface area contributed by atoms with E-state index < -0.39 is 11.4 Å². The number of hydrogen-bond acceptors (Lipinski definition) is 2. The summed E-state index contributed by atoms with van der Waals surface area (Å²) < 4.78 is 0. The fourth-order valence-electron chi connectivity index (χ4n) is 1.39. The second-order valence-corrected chi connectivity index (χ2v) is 4.53. The maximum absolute atomic E-state index is 11.5. The molecule has 0 spiro atoms. The fourth-order valence-corrected chi connectivity index (χ4v) is 1.39. The van der Waals surface area contributed by atoms with Gasteiger partial charge in [-0.25, -0.2) is 0 Å². The smallest absolute Gasteiger partial charge is 0.245 e. The van der Waals surface area contributed by atoms with Gasteiger partial charge >= 0.3 is 0 Å². The fraction of sp³-hybridized carbons (Fsp3) is 0.385. The van der Waals surface area contributed by atoms with Gasteiger partial charge in [-0.05, 0) is 12.8 Å². The van der Waals surface area contributed by atoms with Crippen LogP contribution in [0.15, 0.2) is 35.3 Å². The summed E-state index contributed by atoms with van der Waals surface area (Å²) in [7, 11) is 0. The molecule has 0 saturated carbocycles. The Bertz CT molecular complexity index is 426. The van der Waals surface area contributed by atoms with Crippen LogP contribution in [-0.4, -0.2) is 17.3 Å². The van der Waals surface area contributed by atoms with Crippen LogP contribution < -0.4 is 11.5 Å². The zero-order chi connectivity index (χ0) is 13.1. The predicted octanol–water partition coefficient (Wildman–Crippen LogP) is 1.29. The van der Waals surface area contributed by atoms with E-state index in [9.17, 15) is 4.79 Å². The van der Waals surface area contributed by atoms with Crippen LogP contribution in [0.25, 0.3) is 0 Å². The lowest BCUT2D eigenvalue weighted by Gasteiger charge is -2.26. The molecule has 0 aliphatic carbocycles. The van der Waals surface area contributed by atoms with Crippen molar-refractivity contribution in [2.24, 2.45) is 22.4 Å². The lowest BCUT2D eigenvalue weighted by molar-refractivity contribution is -0.123. The number of carbonyl (C=O) groups is 1. The summed E-state index contributed by atoms with van der Waals surface area (Å²) in [5.41, 5.74) is 11.1. The molecule has 4 heteroatoms. The van der Waals surface area contributed by atoms with Crippen LogP contribution in [0.4, 0.5) is 0 Å². The summed E-state index contributed by atoms with van der Waals surface area (Å²) in [6.07, 6.45) is 0. The van der Waals surface area contributed by atoms with Crippen LogP contribution in [0.5, 0.6) is 0 Å². The van der Waals surface area contributed by atoms with Gasteiger partial charge in [0.25, 0.3) is 0 Å². The molecule has 1 aromatic carbocycles. The van der Waals surface area contributed by atoms with Crippen molar-refractivity contribution in [3.05, 3.63) is 35.9 Å². The summed E-state index contributed by atoms with van der Waals surface area (Å²) in [6, 6.07) is 9.33. The van der Waals surface area contributed by atoms with Crippen molar-refractivity contribution in [2.75, 3.05) is 0 Å². The Morgan fingerprint density at radius 1 is 1.24 bits per heavy atom. The largest absolute Gasteiger partial charge is 0.383 e. The van der Waals surface area contributed by atoms with Crippen LogP contribution in [0.2, 0.25) is 0 Å². The minimum absolute atomic E-state index is 0.0118. The summed E-state index contributed by atoms with van der Waals surface area (Å²) in [6.45, 7) is 5.49. The van der Waals surface area contributed by atoms with Gasteiger partial charge in [0.15, 0.2) is 0 Å². The first-order chi connectivity index (χ1) is 7.88. The number of rotatable bonds is 4. The van der Waals surface area contributed by atoms with E-state index in [1.165, 1.54) is 0 Å². The van der Waals surface area contributed by atoms with Gasteiger partial charge in [0.2, 0.25) is 5.91 Å². The predicted molar refractivity (Wildman–Crippen MR) is 69.6 cm³/mol. The molecular formula is C13H19N3O. The molecule has 92 valence electrons. The highest BCUT2D eigenvalue weighted by Gasteiger charge is 2.34. The van der Waals surface area contributed by atoms with Gasteiger partial charge < -0.3 is 11.5 Å². The summed E-state index contributed by atoms with van der Waals surface area (Å²) in [4.78, 5) is 15.8. The molecule has 0 aliphatic rings. The van der Waals surface area contributed by atoms with Gasteiger partial charge in [0, 0.05) is 5.56 Å². The molecule has 0 fully saturated rings. The Morgan fingerprint density at radius 3 is 2.18 bits per heavy atom. The molecule has 4 nitrogen and oxygen atoms in total. The normalized spacial score (nSPS) is 15.6. The van der Waals surface area contributed by atoms with Crippen molar-refractivity contribution in [1.29, 1.82) is 0 Å². The Labute approximate surface area is 102 Å². The molecule has 0 aromatic heterocycles. The molecule has 0 radical (unpaired) electrons. The number of amides is 1. The summed E-state index contributed by atoms with van der Waals surface area (Å²) in [5.74, 6) is -0.144. The van der Waals surface area contributed by atoms with Crippen molar-refractivity contribution in [2.45, 2.75) is 26.3 Å². The third-order valence-corrected chi connectivity index (χ3v) is 3.05. The van der Waals surface area contributed by atoms with Gasteiger partial charge in [-0.1, -0.05) is 44.2 Å². The SMILES string of the molecule is CC(C)C(C)(N=C(N)c1ccccc1)C(N)=O. The first kappa shape index (κ1) is 13.2. The summed E-state index contributed by atoms with van der Waals surface area (Å²) >= 11 is 0. The van der Waals surface area contributed by atoms with Crippen molar-refractivity contribution >= 4 is 11.7 Å². The maximum Gasteiger partial charge on any atom is 0.245 e. The van der Waals surface area contributed by atoms with Gasteiger partial charge in [0.1, 0.15) is 11.4 Å². The third kappa shape index (κ3) is 2.84. The highest BCUT2D eigenvalue weighted by molar-refractivity contribution is 6.00. The van der Waals surface area contributed by atoms with Crippen LogP contribution in [0.1, 0.15) is 26.3 Å². The van der Waals surface area contributed by atoms with Crippen LogP contribution in [0, 0.1) is 5.92 Å². The molecule has 1 amide bonds. The number of nitrogens with two attached hydrogens (primary N) is 2. The maximum atomic E-state index is 11.5. The number of nitrogens with zero attached hydrogens (tertiary/aromatic N) is 1. The van der Waals surface area contributed by atoms with Crippen LogP contribution in [-0.2, 0) is 4.79 Å². The molecule has 0 heterocycles.